The Bertz CT molecular complexity index is 743. The van der Waals surface area contributed by atoms with Gasteiger partial charge in [0.05, 0.1) is 11.2 Å². The maximum atomic E-state index is 4.68. The Morgan fingerprint density at radius 2 is 2.00 bits per heavy atom. The standard InChI is InChI=1S/C17H20N4/c1-12-8-9-13(11-19-12)15(18-2)10-16-14-6-4-5-7-17(14)21(3)20-16/h4-9,11,15,18H,10H2,1-3H3. The number of fused-ring (bicyclic) bond motifs is 1. The summed E-state index contributed by atoms with van der Waals surface area (Å²) >= 11 is 0. The lowest BCUT2D eigenvalue weighted by Gasteiger charge is -2.15. The fraction of sp³-hybridized carbons (Fsp3) is 0.294. The first kappa shape index (κ1) is 13.8. The van der Waals surface area contributed by atoms with Crippen LogP contribution in [-0.4, -0.2) is 21.8 Å². The van der Waals surface area contributed by atoms with Crippen LogP contribution in [0.3, 0.4) is 0 Å². The third-order valence-electron chi connectivity index (χ3n) is 3.92. The van der Waals surface area contributed by atoms with Gasteiger partial charge in [-0.2, -0.15) is 5.10 Å². The Kier molecular flexibility index (Phi) is 3.71. The smallest absolute Gasteiger partial charge is 0.0722 e. The van der Waals surface area contributed by atoms with Gasteiger partial charge in [0, 0.05) is 36.8 Å². The number of aromatic nitrogens is 3. The van der Waals surface area contributed by atoms with Gasteiger partial charge in [0.1, 0.15) is 0 Å². The minimum Gasteiger partial charge on any atom is -0.313 e. The maximum Gasteiger partial charge on any atom is 0.0722 e. The third kappa shape index (κ3) is 2.67. The van der Waals surface area contributed by atoms with E-state index in [1.165, 1.54) is 16.5 Å². The van der Waals surface area contributed by atoms with E-state index in [9.17, 15) is 0 Å². The summed E-state index contributed by atoms with van der Waals surface area (Å²) in [6.07, 6.45) is 2.80. The molecule has 1 atom stereocenters. The summed E-state index contributed by atoms with van der Waals surface area (Å²) in [6.45, 7) is 2.00. The van der Waals surface area contributed by atoms with Gasteiger partial charge in [0.25, 0.3) is 0 Å². The lowest BCUT2D eigenvalue weighted by molar-refractivity contribution is 0.577. The van der Waals surface area contributed by atoms with Gasteiger partial charge in [-0.05, 0) is 31.7 Å². The second-order valence-electron chi connectivity index (χ2n) is 5.37. The van der Waals surface area contributed by atoms with Crippen LogP contribution in [0.25, 0.3) is 10.9 Å². The van der Waals surface area contributed by atoms with Crippen molar-refractivity contribution < 1.29 is 0 Å². The fourth-order valence-corrected chi connectivity index (χ4v) is 2.70. The van der Waals surface area contributed by atoms with Gasteiger partial charge >= 0.3 is 0 Å². The molecule has 0 saturated carbocycles. The van der Waals surface area contributed by atoms with Crippen LogP contribution in [0.4, 0.5) is 0 Å². The van der Waals surface area contributed by atoms with Crippen molar-refractivity contribution in [2.45, 2.75) is 19.4 Å². The molecule has 4 heteroatoms. The number of likely N-dealkylation sites (N-methyl/N-ethyl adjacent to an activating group) is 1. The number of nitrogens with zero attached hydrogens (tertiary/aromatic N) is 3. The van der Waals surface area contributed by atoms with E-state index in [4.69, 9.17) is 0 Å². The van der Waals surface area contributed by atoms with E-state index in [-0.39, 0.29) is 6.04 Å². The molecule has 2 aromatic heterocycles. The molecule has 1 aromatic carbocycles. The van der Waals surface area contributed by atoms with E-state index in [1.54, 1.807) is 0 Å². The highest BCUT2D eigenvalue weighted by Crippen LogP contribution is 2.23. The molecule has 0 bridgehead atoms. The zero-order valence-electron chi connectivity index (χ0n) is 12.7. The SMILES string of the molecule is CNC(Cc1nn(C)c2ccccc12)c1ccc(C)nc1. The Balaban J connectivity index is 1.94. The van der Waals surface area contributed by atoms with Crippen molar-refractivity contribution in [3.8, 4) is 0 Å². The van der Waals surface area contributed by atoms with Crippen LogP contribution in [0.5, 0.6) is 0 Å². The average molecular weight is 280 g/mol. The van der Waals surface area contributed by atoms with Crippen molar-refractivity contribution in [2.75, 3.05) is 7.05 Å². The van der Waals surface area contributed by atoms with E-state index in [0.29, 0.717) is 0 Å². The molecule has 0 aliphatic carbocycles. The number of rotatable bonds is 4. The van der Waals surface area contributed by atoms with E-state index in [1.807, 2.05) is 38.0 Å². The molecule has 1 unspecified atom stereocenters. The minimum atomic E-state index is 0.219. The molecule has 108 valence electrons. The fourth-order valence-electron chi connectivity index (χ4n) is 2.70. The highest BCUT2D eigenvalue weighted by molar-refractivity contribution is 5.81. The van der Waals surface area contributed by atoms with E-state index in [0.717, 1.165) is 17.8 Å². The van der Waals surface area contributed by atoms with Crippen LogP contribution in [0.1, 0.15) is 23.0 Å². The molecular formula is C17H20N4. The molecule has 0 radical (unpaired) electrons. The highest BCUT2D eigenvalue weighted by atomic mass is 15.3. The molecule has 0 spiro atoms. The normalized spacial score (nSPS) is 12.7. The second-order valence-corrected chi connectivity index (χ2v) is 5.37. The monoisotopic (exact) mass is 280 g/mol. The van der Waals surface area contributed by atoms with Crippen molar-refractivity contribution >= 4 is 10.9 Å². The van der Waals surface area contributed by atoms with Gasteiger partial charge in [-0.1, -0.05) is 24.3 Å². The van der Waals surface area contributed by atoms with Gasteiger partial charge in [0.15, 0.2) is 0 Å². The minimum absolute atomic E-state index is 0.219. The van der Waals surface area contributed by atoms with Crippen molar-refractivity contribution in [1.82, 2.24) is 20.1 Å². The van der Waals surface area contributed by atoms with Crippen molar-refractivity contribution in [3.05, 3.63) is 59.5 Å². The van der Waals surface area contributed by atoms with Crippen LogP contribution < -0.4 is 5.32 Å². The maximum absolute atomic E-state index is 4.68. The molecular weight excluding hydrogens is 260 g/mol. The van der Waals surface area contributed by atoms with Crippen LogP contribution in [-0.2, 0) is 13.5 Å². The molecule has 0 fully saturated rings. The molecule has 21 heavy (non-hydrogen) atoms. The first-order valence-corrected chi connectivity index (χ1v) is 7.19. The lowest BCUT2D eigenvalue weighted by Crippen LogP contribution is -2.19. The van der Waals surface area contributed by atoms with Crippen molar-refractivity contribution in [2.24, 2.45) is 7.05 Å². The zero-order chi connectivity index (χ0) is 14.8. The topological polar surface area (TPSA) is 42.7 Å². The quantitative estimate of drug-likeness (QED) is 0.799. The Morgan fingerprint density at radius 3 is 2.71 bits per heavy atom. The molecule has 4 nitrogen and oxygen atoms in total. The predicted molar refractivity (Wildman–Crippen MR) is 85.2 cm³/mol. The molecule has 2 heterocycles. The molecule has 0 aliphatic heterocycles. The highest BCUT2D eigenvalue weighted by Gasteiger charge is 2.15. The van der Waals surface area contributed by atoms with Crippen LogP contribution in [0.2, 0.25) is 0 Å². The number of hydrogen-bond donors (Lipinski definition) is 1. The summed E-state index contributed by atoms with van der Waals surface area (Å²) in [7, 11) is 3.98. The molecule has 3 aromatic rings. The average Bonchev–Trinajstić information content (AvgIpc) is 2.83. The molecule has 1 N–H and O–H groups in total. The van der Waals surface area contributed by atoms with Gasteiger partial charge in [-0.25, -0.2) is 0 Å². The number of aryl methyl sites for hydroxylation is 2. The van der Waals surface area contributed by atoms with Gasteiger partial charge < -0.3 is 5.32 Å². The third-order valence-corrected chi connectivity index (χ3v) is 3.92. The Morgan fingerprint density at radius 1 is 1.19 bits per heavy atom. The summed E-state index contributed by atoms with van der Waals surface area (Å²) in [5.41, 5.74) is 4.52. The predicted octanol–water partition coefficient (Wildman–Crippen LogP) is 2.78. The number of benzene rings is 1. The zero-order valence-corrected chi connectivity index (χ0v) is 12.7. The van der Waals surface area contributed by atoms with E-state index in [2.05, 4.69) is 45.7 Å². The van der Waals surface area contributed by atoms with Gasteiger partial charge in [-0.3, -0.25) is 9.67 Å². The summed E-state index contributed by atoms with van der Waals surface area (Å²) in [4.78, 5) is 4.39. The molecule has 3 rings (SSSR count). The second kappa shape index (κ2) is 5.66. The largest absolute Gasteiger partial charge is 0.313 e. The summed E-state index contributed by atoms with van der Waals surface area (Å²) in [6, 6.07) is 12.8. The number of nitrogens with one attached hydrogen (secondary N) is 1. The lowest BCUT2D eigenvalue weighted by atomic mass is 10.0. The molecule has 0 saturated heterocycles. The summed E-state index contributed by atoms with van der Waals surface area (Å²) in [5, 5.41) is 9.27. The first-order valence-electron chi connectivity index (χ1n) is 7.19. The molecule has 0 amide bonds. The first-order chi connectivity index (χ1) is 10.2. The van der Waals surface area contributed by atoms with E-state index < -0.39 is 0 Å². The van der Waals surface area contributed by atoms with Crippen LogP contribution in [0, 0.1) is 6.92 Å². The van der Waals surface area contributed by atoms with Gasteiger partial charge in [-0.15, -0.1) is 0 Å². The summed E-state index contributed by atoms with van der Waals surface area (Å²) < 4.78 is 1.95. The van der Waals surface area contributed by atoms with Gasteiger partial charge in [0.2, 0.25) is 0 Å². The molecule has 0 aliphatic rings. The number of pyridine rings is 1. The Labute approximate surface area is 124 Å². The van der Waals surface area contributed by atoms with Crippen LogP contribution in [0.15, 0.2) is 42.6 Å². The van der Waals surface area contributed by atoms with Crippen molar-refractivity contribution in [3.63, 3.8) is 0 Å². The number of hydrogen-bond acceptors (Lipinski definition) is 3. The van der Waals surface area contributed by atoms with Crippen molar-refractivity contribution in [1.29, 1.82) is 0 Å². The summed E-state index contributed by atoms with van der Waals surface area (Å²) in [5.74, 6) is 0. The number of para-hydroxylation sites is 1. The van der Waals surface area contributed by atoms with Crippen LogP contribution >= 0.6 is 0 Å². The van der Waals surface area contributed by atoms with E-state index >= 15 is 0 Å². The Hall–Kier alpha value is -2.20.